The largest absolute Gasteiger partial charge is 0.480 e. The maximum absolute atomic E-state index is 12.5. The van der Waals surface area contributed by atoms with E-state index in [0.29, 0.717) is 32.8 Å². The number of piperazine rings is 1. The summed E-state index contributed by atoms with van der Waals surface area (Å²) < 4.78 is 10.4. The molecule has 2 atom stereocenters. The van der Waals surface area contributed by atoms with Crippen molar-refractivity contribution in [1.82, 2.24) is 20.9 Å². The highest BCUT2D eigenvalue weighted by Gasteiger charge is 2.25. The van der Waals surface area contributed by atoms with E-state index in [1.807, 2.05) is 24.3 Å². The van der Waals surface area contributed by atoms with Gasteiger partial charge in [0.05, 0.1) is 19.3 Å². The molecule has 1 aromatic carbocycles. The second-order valence-corrected chi connectivity index (χ2v) is 8.05. The zero-order valence-electron chi connectivity index (χ0n) is 18.9. The maximum Gasteiger partial charge on any atom is 0.408 e. The minimum absolute atomic E-state index is 0.197. The zero-order chi connectivity index (χ0) is 23.8. The summed E-state index contributed by atoms with van der Waals surface area (Å²) >= 11 is 0. The molecule has 33 heavy (non-hydrogen) atoms. The minimum atomic E-state index is -1.28. The van der Waals surface area contributed by atoms with Gasteiger partial charge >= 0.3 is 18.1 Å². The number of anilines is 2. The molecule has 3 rings (SSSR count). The van der Waals surface area contributed by atoms with Crippen LogP contribution >= 0.6 is 0 Å². The predicted octanol–water partition coefficient (Wildman–Crippen LogP) is 0.421. The van der Waals surface area contributed by atoms with E-state index in [1.165, 1.54) is 0 Å². The molecule has 1 aromatic rings. The van der Waals surface area contributed by atoms with Crippen LogP contribution in [-0.2, 0) is 14.3 Å². The number of aliphatic carboxylic acids is 1. The van der Waals surface area contributed by atoms with E-state index in [4.69, 9.17) is 9.47 Å². The Hall–Kier alpha value is -3.25. The fraction of sp³-hybridized carbons (Fsp3) is 0.571. The van der Waals surface area contributed by atoms with E-state index >= 15 is 0 Å². The van der Waals surface area contributed by atoms with Crippen LogP contribution < -0.4 is 26.2 Å². The van der Waals surface area contributed by atoms with E-state index < -0.39 is 18.1 Å². The quantitative estimate of drug-likeness (QED) is 0.370. The second-order valence-electron chi connectivity index (χ2n) is 8.05. The number of carboxylic acid groups (broad SMARTS) is 1. The molecule has 0 bridgehead atoms. The Morgan fingerprint density at radius 2 is 2.00 bits per heavy atom. The van der Waals surface area contributed by atoms with Gasteiger partial charge in [-0.25, -0.2) is 14.4 Å². The number of carbonyl (C=O) groups is 3. The molecular formula is C21H32N6O6. The van der Waals surface area contributed by atoms with Gasteiger partial charge in [0.25, 0.3) is 0 Å². The first-order chi connectivity index (χ1) is 15.8. The highest BCUT2D eigenvalue weighted by molar-refractivity contribution is 5.81. The van der Waals surface area contributed by atoms with E-state index in [9.17, 15) is 19.5 Å². The Morgan fingerprint density at radius 3 is 2.64 bits per heavy atom. The van der Waals surface area contributed by atoms with Crippen LogP contribution in [0.4, 0.5) is 21.0 Å². The van der Waals surface area contributed by atoms with Crippen molar-refractivity contribution in [3.05, 3.63) is 24.3 Å². The van der Waals surface area contributed by atoms with Crippen molar-refractivity contribution in [2.45, 2.75) is 32.3 Å². The van der Waals surface area contributed by atoms with Gasteiger partial charge in [0.15, 0.2) is 6.35 Å². The van der Waals surface area contributed by atoms with Crippen molar-refractivity contribution in [2.24, 2.45) is 0 Å². The molecule has 0 radical (unpaired) electrons. The Bertz CT molecular complexity index is 823. The number of urea groups is 1. The lowest BCUT2D eigenvalue weighted by molar-refractivity contribution is -0.139. The first-order valence-corrected chi connectivity index (χ1v) is 11.0. The molecule has 5 N–H and O–H groups in total. The first-order valence-electron chi connectivity index (χ1n) is 11.0. The molecule has 1 unspecified atom stereocenters. The third kappa shape index (κ3) is 7.39. The van der Waals surface area contributed by atoms with Gasteiger partial charge < -0.3 is 40.3 Å². The van der Waals surface area contributed by atoms with Crippen LogP contribution in [0, 0.1) is 0 Å². The summed E-state index contributed by atoms with van der Waals surface area (Å²) in [6.07, 6.45) is -1.42. The molecule has 0 aromatic heterocycles. The van der Waals surface area contributed by atoms with E-state index in [0.717, 1.165) is 17.9 Å². The summed E-state index contributed by atoms with van der Waals surface area (Å²) in [5, 5.41) is 20.6. The van der Waals surface area contributed by atoms with Crippen LogP contribution in [0.15, 0.2) is 24.3 Å². The minimum Gasteiger partial charge on any atom is -0.480 e. The average Bonchev–Trinajstić information content (AvgIpc) is 3.29. The van der Waals surface area contributed by atoms with Crippen molar-refractivity contribution < 1.29 is 29.0 Å². The van der Waals surface area contributed by atoms with Crippen molar-refractivity contribution in [3.8, 4) is 0 Å². The SMILES string of the molecule is CC(C)OC(=O)N[C@@H](CNC(=O)N1CCN(c2cccc(NC3NCCO3)c2)CC1)C(=O)O. The molecule has 12 nitrogen and oxygen atoms in total. The highest BCUT2D eigenvalue weighted by atomic mass is 16.6. The fourth-order valence-corrected chi connectivity index (χ4v) is 3.52. The normalized spacial score (nSPS) is 19.2. The second kappa shape index (κ2) is 11.6. The van der Waals surface area contributed by atoms with Crippen LogP contribution in [0.2, 0.25) is 0 Å². The van der Waals surface area contributed by atoms with Gasteiger partial charge in [0, 0.05) is 44.1 Å². The molecule has 0 aliphatic carbocycles. The molecule has 0 spiro atoms. The molecule has 12 heteroatoms. The number of benzene rings is 1. The number of nitrogens with one attached hydrogen (secondary N) is 4. The summed E-state index contributed by atoms with van der Waals surface area (Å²) in [7, 11) is 0. The molecule has 0 saturated carbocycles. The van der Waals surface area contributed by atoms with Gasteiger partial charge in [-0.05, 0) is 32.0 Å². The Morgan fingerprint density at radius 1 is 1.24 bits per heavy atom. The molecule has 2 saturated heterocycles. The van der Waals surface area contributed by atoms with Crippen LogP contribution in [0.25, 0.3) is 0 Å². The lowest BCUT2D eigenvalue weighted by Gasteiger charge is -2.36. The molecule has 182 valence electrons. The lowest BCUT2D eigenvalue weighted by atomic mass is 10.2. The first kappa shape index (κ1) is 24.4. The van der Waals surface area contributed by atoms with Gasteiger partial charge in [0.1, 0.15) is 6.04 Å². The Labute approximate surface area is 192 Å². The number of carboxylic acids is 1. The summed E-state index contributed by atoms with van der Waals surface area (Å²) in [4.78, 5) is 39.4. The highest BCUT2D eigenvalue weighted by Crippen LogP contribution is 2.21. The van der Waals surface area contributed by atoms with Gasteiger partial charge in [0.2, 0.25) is 0 Å². The number of amides is 3. The smallest absolute Gasteiger partial charge is 0.408 e. The molecule has 2 heterocycles. The number of hydrogen-bond donors (Lipinski definition) is 5. The number of nitrogens with zero attached hydrogens (tertiary/aromatic N) is 2. The van der Waals surface area contributed by atoms with Gasteiger partial charge in [-0.2, -0.15) is 0 Å². The topological polar surface area (TPSA) is 144 Å². The summed E-state index contributed by atoms with van der Waals surface area (Å²) in [6, 6.07) is 6.34. The summed E-state index contributed by atoms with van der Waals surface area (Å²) in [6.45, 7) is 6.79. The third-order valence-corrected chi connectivity index (χ3v) is 5.18. The Kier molecular flexibility index (Phi) is 8.55. The van der Waals surface area contributed by atoms with Crippen LogP contribution in [-0.4, -0.2) is 92.5 Å². The summed E-state index contributed by atoms with van der Waals surface area (Å²) in [5.41, 5.74) is 1.98. The van der Waals surface area contributed by atoms with Gasteiger partial charge in [-0.1, -0.05) is 6.07 Å². The van der Waals surface area contributed by atoms with Crippen LogP contribution in [0.5, 0.6) is 0 Å². The van der Waals surface area contributed by atoms with Crippen molar-refractivity contribution in [1.29, 1.82) is 0 Å². The molecule has 2 aliphatic rings. The number of hydrogen-bond acceptors (Lipinski definition) is 8. The Balaban J connectivity index is 1.45. The predicted molar refractivity (Wildman–Crippen MR) is 121 cm³/mol. The lowest BCUT2D eigenvalue weighted by Crippen LogP contribution is -2.55. The van der Waals surface area contributed by atoms with Crippen LogP contribution in [0.3, 0.4) is 0 Å². The monoisotopic (exact) mass is 464 g/mol. The fourth-order valence-electron chi connectivity index (χ4n) is 3.52. The van der Waals surface area contributed by atoms with E-state index in [2.05, 4.69) is 26.2 Å². The number of ether oxygens (including phenoxy) is 2. The van der Waals surface area contributed by atoms with E-state index in [-0.39, 0.29) is 25.0 Å². The number of rotatable bonds is 8. The van der Waals surface area contributed by atoms with Gasteiger partial charge in [-0.15, -0.1) is 0 Å². The molecular weight excluding hydrogens is 432 g/mol. The average molecular weight is 465 g/mol. The number of alkyl carbamates (subject to hydrolysis) is 1. The molecule has 2 aliphatic heterocycles. The van der Waals surface area contributed by atoms with Crippen LogP contribution in [0.1, 0.15) is 13.8 Å². The molecule has 2 fully saturated rings. The van der Waals surface area contributed by atoms with Crippen molar-refractivity contribution in [3.63, 3.8) is 0 Å². The van der Waals surface area contributed by atoms with Gasteiger partial charge in [-0.3, -0.25) is 5.32 Å². The zero-order valence-corrected chi connectivity index (χ0v) is 18.9. The third-order valence-electron chi connectivity index (χ3n) is 5.18. The van der Waals surface area contributed by atoms with Crippen molar-refractivity contribution >= 4 is 29.5 Å². The summed E-state index contributed by atoms with van der Waals surface area (Å²) in [5.74, 6) is -1.26. The van der Waals surface area contributed by atoms with Crippen molar-refractivity contribution in [2.75, 3.05) is 56.1 Å². The molecule has 3 amide bonds. The maximum atomic E-state index is 12.5. The number of carbonyl (C=O) groups excluding carboxylic acids is 2. The standard InChI is InChI=1S/C21H32N6O6/c1-14(2)33-21(31)25-17(18(28)29)13-23-20(30)27-9-7-26(8-10-27)16-5-3-4-15(12-16)24-19-22-6-11-32-19/h3-5,12,14,17,19,22,24H,6-11,13H2,1-2H3,(H,23,30)(H,25,31)(H,28,29)/t17-,19?/m0/s1. The van der Waals surface area contributed by atoms with E-state index in [1.54, 1.807) is 18.7 Å².